The van der Waals surface area contributed by atoms with Gasteiger partial charge in [-0.15, -0.1) is 0 Å². The van der Waals surface area contributed by atoms with Gasteiger partial charge in [0, 0.05) is 5.41 Å². The second-order valence-electron chi connectivity index (χ2n) is 3.79. The standard InChI is InChI=1S/C11H12O/c1-11(8-12)7-10(11)9-5-3-2-4-6-9/h2-6,8,10H,7H2,1H3/t10-,11+/m1/s1. The van der Waals surface area contributed by atoms with E-state index in [2.05, 4.69) is 12.1 Å². The summed E-state index contributed by atoms with van der Waals surface area (Å²) in [5.41, 5.74) is 1.23. The molecule has 0 heterocycles. The molecule has 0 aliphatic heterocycles. The fourth-order valence-corrected chi connectivity index (χ4v) is 1.70. The van der Waals surface area contributed by atoms with Crippen molar-refractivity contribution in [2.45, 2.75) is 19.3 Å². The van der Waals surface area contributed by atoms with Crippen LogP contribution in [0.3, 0.4) is 0 Å². The molecule has 0 bridgehead atoms. The summed E-state index contributed by atoms with van der Waals surface area (Å²) in [6, 6.07) is 10.3. The van der Waals surface area contributed by atoms with E-state index in [4.69, 9.17) is 0 Å². The third kappa shape index (κ3) is 1.06. The topological polar surface area (TPSA) is 17.1 Å². The van der Waals surface area contributed by atoms with Crippen molar-refractivity contribution in [1.29, 1.82) is 0 Å². The molecule has 1 fully saturated rings. The highest BCUT2D eigenvalue weighted by molar-refractivity contribution is 5.67. The van der Waals surface area contributed by atoms with Gasteiger partial charge in [0.15, 0.2) is 0 Å². The molecule has 1 saturated carbocycles. The van der Waals surface area contributed by atoms with Crippen LogP contribution in [0.15, 0.2) is 30.3 Å². The Morgan fingerprint density at radius 1 is 1.42 bits per heavy atom. The Hall–Kier alpha value is -1.11. The van der Waals surface area contributed by atoms with E-state index in [0.29, 0.717) is 5.92 Å². The van der Waals surface area contributed by atoms with Crippen LogP contribution in [0, 0.1) is 5.41 Å². The Bertz CT molecular complexity index is 291. The van der Waals surface area contributed by atoms with Crippen LogP contribution in [-0.2, 0) is 4.79 Å². The number of carbonyl (C=O) groups excluding carboxylic acids is 1. The Morgan fingerprint density at radius 3 is 2.58 bits per heavy atom. The van der Waals surface area contributed by atoms with Crippen LogP contribution >= 0.6 is 0 Å². The minimum absolute atomic E-state index is 0.0681. The quantitative estimate of drug-likeness (QED) is 0.607. The number of benzene rings is 1. The molecule has 12 heavy (non-hydrogen) atoms. The van der Waals surface area contributed by atoms with Gasteiger partial charge in [0.05, 0.1) is 0 Å². The number of hydrogen-bond acceptors (Lipinski definition) is 1. The zero-order valence-electron chi connectivity index (χ0n) is 7.16. The summed E-state index contributed by atoms with van der Waals surface area (Å²) in [6.07, 6.45) is 2.10. The number of rotatable bonds is 2. The fraction of sp³-hybridized carbons (Fsp3) is 0.364. The van der Waals surface area contributed by atoms with Crippen LogP contribution in [-0.4, -0.2) is 6.29 Å². The third-order valence-electron chi connectivity index (χ3n) is 2.75. The molecule has 62 valence electrons. The van der Waals surface area contributed by atoms with Gasteiger partial charge in [0.25, 0.3) is 0 Å². The van der Waals surface area contributed by atoms with E-state index in [-0.39, 0.29) is 5.41 Å². The fourth-order valence-electron chi connectivity index (χ4n) is 1.70. The summed E-state index contributed by atoms with van der Waals surface area (Å²) < 4.78 is 0. The Labute approximate surface area is 72.4 Å². The van der Waals surface area contributed by atoms with Crippen molar-refractivity contribution in [2.75, 3.05) is 0 Å². The van der Waals surface area contributed by atoms with Crippen molar-refractivity contribution in [1.82, 2.24) is 0 Å². The monoisotopic (exact) mass is 160 g/mol. The lowest BCUT2D eigenvalue weighted by Crippen LogP contribution is -1.97. The second-order valence-corrected chi connectivity index (χ2v) is 3.79. The molecule has 1 aliphatic rings. The largest absolute Gasteiger partial charge is 0.303 e. The summed E-state index contributed by atoms with van der Waals surface area (Å²) >= 11 is 0. The third-order valence-corrected chi connectivity index (χ3v) is 2.75. The highest BCUT2D eigenvalue weighted by atomic mass is 16.1. The van der Waals surface area contributed by atoms with Crippen molar-refractivity contribution < 1.29 is 4.79 Å². The minimum Gasteiger partial charge on any atom is -0.303 e. The van der Waals surface area contributed by atoms with Gasteiger partial charge in [0.1, 0.15) is 6.29 Å². The average Bonchev–Trinajstić information content (AvgIpc) is 2.81. The predicted octanol–water partition coefficient (Wildman–Crippen LogP) is 2.38. The van der Waals surface area contributed by atoms with E-state index in [9.17, 15) is 4.79 Å². The SMILES string of the molecule is C[C@@]1(C=O)C[C@@H]1c1ccccc1. The molecule has 0 aromatic heterocycles. The first kappa shape index (κ1) is 7.53. The number of aldehydes is 1. The molecule has 2 atom stereocenters. The zero-order valence-corrected chi connectivity index (χ0v) is 7.16. The van der Waals surface area contributed by atoms with Gasteiger partial charge >= 0.3 is 0 Å². The first-order chi connectivity index (χ1) is 5.76. The molecule has 0 amide bonds. The maximum atomic E-state index is 10.7. The Morgan fingerprint density at radius 2 is 2.08 bits per heavy atom. The van der Waals surface area contributed by atoms with Crippen molar-refractivity contribution in [2.24, 2.45) is 5.41 Å². The van der Waals surface area contributed by atoms with E-state index in [0.717, 1.165) is 12.7 Å². The summed E-state index contributed by atoms with van der Waals surface area (Å²) in [5.74, 6) is 0.469. The lowest BCUT2D eigenvalue weighted by Gasteiger charge is -2.00. The molecule has 1 aromatic carbocycles. The zero-order chi connectivity index (χ0) is 8.60. The van der Waals surface area contributed by atoms with Gasteiger partial charge in [-0.25, -0.2) is 0 Å². The summed E-state index contributed by atoms with van der Waals surface area (Å²) in [6.45, 7) is 2.03. The van der Waals surface area contributed by atoms with Crippen molar-refractivity contribution in [3.05, 3.63) is 35.9 Å². The van der Waals surface area contributed by atoms with E-state index in [1.54, 1.807) is 0 Å². The molecule has 1 aromatic rings. The molecule has 1 aliphatic carbocycles. The average molecular weight is 160 g/mol. The van der Waals surface area contributed by atoms with Gasteiger partial charge in [-0.05, 0) is 17.9 Å². The van der Waals surface area contributed by atoms with Gasteiger partial charge < -0.3 is 4.79 Å². The van der Waals surface area contributed by atoms with E-state index in [1.807, 2.05) is 25.1 Å². The molecular formula is C11H12O. The molecule has 0 unspecified atom stereocenters. The van der Waals surface area contributed by atoms with Crippen LogP contribution in [0.5, 0.6) is 0 Å². The molecule has 0 saturated heterocycles. The highest BCUT2D eigenvalue weighted by Gasteiger charge is 2.50. The van der Waals surface area contributed by atoms with Crippen LogP contribution in [0.25, 0.3) is 0 Å². The lowest BCUT2D eigenvalue weighted by atomic mass is 10.0. The predicted molar refractivity (Wildman–Crippen MR) is 48.0 cm³/mol. The number of carbonyl (C=O) groups is 1. The van der Waals surface area contributed by atoms with Crippen LogP contribution in [0.2, 0.25) is 0 Å². The van der Waals surface area contributed by atoms with Crippen LogP contribution in [0.4, 0.5) is 0 Å². The van der Waals surface area contributed by atoms with Gasteiger partial charge in [-0.3, -0.25) is 0 Å². The van der Waals surface area contributed by atoms with Gasteiger partial charge in [-0.1, -0.05) is 37.3 Å². The summed E-state index contributed by atoms with van der Waals surface area (Å²) in [5, 5.41) is 0. The molecular weight excluding hydrogens is 148 g/mol. The van der Waals surface area contributed by atoms with Gasteiger partial charge in [0.2, 0.25) is 0 Å². The van der Waals surface area contributed by atoms with Crippen LogP contribution in [0.1, 0.15) is 24.8 Å². The van der Waals surface area contributed by atoms with E-state index < -0.39 is 0 Å². The summed E-state index contributed by atoms with van der Waals surface area (Å²) in [7, 11) is 0. The van der Waals surface area contributed by atoms with Crippen molar-refractivity contribution in [3.63, 3.8) is 0 Å². The smallest absolute Gasteiger partial charge is 0.126 e. The maximum absolute atomic E-state index is 10.7. The molecule has 2 rings (SSSR count). The first-order valence-corrected chi connectivity index (χ1v) is 4.27. The van der Waals surface area contributed by atoms with Gasteiger partial charge in [-0.2, -0.15) is 0 Å². The maximum Gasteiger partial charge on any atom is 0.126 e. The summed E-state index contributed by atoms with van der Waals surface area (Å²) in [4.78, 5) is 10.7. The highest BCUT2D eigenvalue weighted by Crippen LogP contribution is 2.57. The number of hydrogen-bond donors (Lipinski definition) is 0. The minimum atomic E-state index is -0.0681. The molecule has 1 nitrogen and oxygen atoms in total. The van der Waals surface area contributed by atoms with Crippen LogP contribution < -0.4 is 0 Å². The van der Waals surface area contributed by atoms with Crippen molar-refractivity contribution in [3.8, 4) is 0 Å². The van der Waals surface area contributed by atoms with E-state index >= 15 is 0 Å². The molecule has 0 N–H and O–H groups in total. The van der Waals surface area contributed by atoms with Crippen molar-refractivity contribution >= 4 is 6.29 Å². The molecule has 1 heteroatoms. The Balaban J connectivity index is 2.21. The normalized spacial score (nSPS) is 32.9. The molecule has 0 spiro atoms. The first-order valence-electron chi connectivity index (χ1n) is 4.27. The molecule has 0 radical (unpaired) electrons. The second kappa shape index (κ2) is 2.44. The Kier molecular flexibility index (Phi) is 1.53. The lowest BCUT2D eigenvalue weighted by molar-refractivity contribution is -0.111. The van der Waals surface area contributed by atoms with E-state index in [1.165, 1.54) is 5.56 Å².